The second kappa shape index (κ2) is 6.97. The molecule has 0 unspecified atom stereocenters. The van der Waals surface area contributed by atoms with E-state index >= 15 is 0 Å². The van der Waals surface area contributed by atoms with Gasteiger partial charge in [0, 0.05) is 6.07 Å². The van der Waals surface area contributed by atoms with Crippen LogP contribution < -0.4 is 21.7 Å². The number of rotatable bonds is 3. The molecule has 0 radical (unpaired) electrons. The summed E-state index contributed by atoms with van der Waals surface area (Å²) >= 11 is 12.5. The Morgan fingerprint density at radius 2 is 1.69 bits per heavy atom. The molecule has 12 heteroatoms. The Balaban J connectivity index is 1.76. The van der Waals surface area contributed by atoms with Crippen LogP contribution >= 0.6 is 23.2 Å². The molecule has 29 heavy (non-hydrogen) atoms. The number of hydrogen-bond donors (Lipinski definition) is 3. The fourth-order valence-corrected chi connectivity index (χ4v) is 3.16. The maximum absolute atomic E-state index is 12.0. The quantitative estimate of drug-likeness (QED) is 0.452. The minimum absolute atomic E-state index is 0.0496. The van der Waals surface area contributed by atoms with Gasteiger partial charge in [0.05, 0.1) is 26.8 Å². The summed E-state index contributed by atoms with van der Waals surface area (Å²) in [7, 11) is 0. The number of halogens is 2. The Morgan fingerprint density at radius 3 is 2.38 bits per heavy atom. The Hall–Kier alpha value is -3.81. The van der Waals surface area contributed by atoms with Crippen LogP contribution in [0.1, 0.15) is 5.69 Å². The van der Waals surface area contributed by atoms with Crippen molar-refractivity contribution < 1.29 is 4.74 Å². The van der Waals surface area contributed by atoms with Crippen LogP contribution in [0.25, 0.3) is 16.7 Å². The number of fused-ring (bicyclic) bond motifs is 1. The van der Waals surface area contributed by atoms with Crippen LogP contribution in [-0.2, 0) is 0 Å². The summed E-state index contributed by atoms with van der Waals surface area (Å²) in [5.74, 6) is 0.461. The van der Waals surface area contributed by atoms with Gasteiger partial charge < -0.3 is 14.7 Å². The van der Waals surface area contributed by atoms with E-state index in [9.17, 15) is 14.4 Å². The highest BCUT2D eigenvalue weighted by molar-refractivity contribution is 6.37. The van der Waals surface area contributed by atoms with Gasteiger partial charge in [-0.15, -0.1) is 5.10 Å². The Bertz CT molecular complexity index is 1470. The van der Waals surface area contributed by atoms with Crippen molar-refractivity contribution >= 4 is 34.2 Å². The predicted molar refractivity (Wildman–Crippen MR) is 104 cm³/mol. The van der Waals surface area contributed by atoms with Crippen LogP contribution in [0.5, 0.6) is 11.5 Å². The van der Waals surface area contributed by atoms with Gasteiger partial charge in [-0.2, -0.15) is 9.94 Å². The van der Waals surface area contributed by atoms with Gasteiger partial charge in [0.2, 0.25) is 5.69 Å². The maximum atomic E-state index is 12.0. The second-order valence-electron chi connectivity index (χ2n) is 5.76. The lowest BCUT2D eigenvalue weighted by molar-refractivity contribution is 0.483. The van der Waals surface area contributed by atoms with Crippen molar-refractivity contribution in [2.45, 2.75) is 0 Å². The lowest BCUT2D eigenvalue weighted by Crippen LogP contribution is -2.33. The Labute approximate surface area is 169 Å². The number of H-pyrrole nitrogens is 3. The van der Waals surface area contributed by atoms with Crippen LogP contribution in [0, 0.1) is 11.3 Å². The zero-order valence-electron chi connectivity index (χ0n) is 14.1. The molecule has 4 aromatic rings. The van der Waals surface area contributed by atoms with E-state index in [0.29, 0.717) is 16.8 Å². The minimum Gasteiger partial charge on any atom is -0.454 e. The van der Waals surface area contributed by atoms with E-state index < -0.39 is 16.9 Å². The largest absolute Gasteiger partial charge is 0.454 e. The van der Waals surface area contributed by atoms with Gasteiger partial charge in [0.25, 0.3) is 5.56 Å². The molecule has 2 heterocycles. The number of nitrogens with zero attached hydrogens (tertiary/aromatic N) is 3. The Morgan fingerprint density at radius 1 is 1.00 bits per heavy atom. The van der Waals surface area contributed by atoms with Crippen molar-refractivity contribution in [1.29, 1.82) is 5.26 Å². The van der Waals surface area contributed by atoms with E-state index in [0.717, 1.165) is 4.68 Å². The molecule has 0 saturated heterocycles. The molecule has 0 saturated carbocycles. The molecular weight excluding hydrogens is 423 g/mol. The monoisotopic (exact) mass is 430 g/mol. The zero-order chi connectivity index (χ0) is 20.7. The van der Waals surface area contributed by atoms with Gasteiger partial charge in [-0.25, -0.2) is 9.59 Å². The highest BCUT2D eigenvalue weighted by Crippen LogP contribution is 2.38. The summed E-state index contributed by atoms with van der Waals surface area (Å²) in [6, 6.07) is 9.11. The summed E-state index contributed by atoms with van der Waals surface area (Å²) in [5, 5.41) is 12.7. The average Bonchev–Trinajstić information content (AvgIpc) is 3.04. The fraction of sp³-hybridized carbons (Fsp3) is 0. The standard InChI is InChI=1S/C17H8Cl2N6O4/c18-9-3-7(25-17(28)23-15(26)13(6-20)24-25)4-10(19)14(9)29-8-1-2-11-12(5-8)22-16(27)21-11/h1-5H,(H2,21,22,27)(H,23,26,28). The number of aromatic nitrogens is 5. The summed E-state index contributed by atoms with van der Waals surface area (Å²) in [6.07, 6.45) is 0. The fourth-order valence-electron chi connectivity index (χ4n) is 2.61. The van der Waals surface area contributed by atoms with Crippen LogP contribution in [0.3, 0.4) is 0 Å². The molecule has 3 N–H and O–H groups in total. The number of nitriles is 1. The van der Waals surface area contributed by atoms with Gasteiger partial charge in [0.1, 0.15) is 11.8 Å². The van der Waals surface area contributed by atoms with Crippen LogP contribution in [0.15, 0.2) is 44.7 Å². The molecule has 0 aliphatic heterocycles. The van der Waals surface area contributed by atoms with E-state index in [1.165, 1.54) is 12.1 Å². The van der Waals surface area contributed by atoms with E-state index in [2.05, 4.69) is 15.1 Å². The molecule has 0 amide bonds. The van der Waals surface area contributed by atoms with Crippen molar-refractivity contribution in [2.75, 3.05) is 0 Å². The number of hydrogen-bond acceptors (Lipinski definition) is 6. The molecule has 0 aliphatic rings. The molecule has 2 aromatic heterocycles. The minimum atomic E-state index is -0.899. The molecule has 144 valence electrons. The van der Waals surface area contributed by atoms with E-state index in [1.54, 1.807) is 24.3 Å². The first-order valence-electron chi connectivity index (χ1n) is 7.89. The number of benzene rings is 2. The van der Waals surface area contributed by atoms with Crippen molar-refractivity contribution in [3.63, 3.8) is 0 Å². The molecule has 0 bridgehead atoms. The van der Waals surface area contributed by atoms with Gasteiger partial charge in [-0.1, -0.05) is 23.2 Å². The first-order valence-corrected chi connectivity index (χ1v) is 8.64. The van der Waals surface area contributed by atoms with Crippen molar-refractivity contribution in [3.8, 4) is 23.3 Å². The third-order valence-corrected chi connectivity index (χ3v) is 4.43. The molecule has 10 nitrogen and oxygen atoms in total. The topological polar surface area (TPSA) is 149 Å². The summed E-state index contributed by atoms with van der Waals surface area (Å²) in [6.45, 7) is 0. The van der Waals surface area contributed by atoms with Gasteiger partial charge in [-0.3, -0.25) is 9.78 Å². The van der Waals surface area contributed by atoms with Crippen molar-refractivity contribution in [1.82, 2.24) is 24.7 Å². The summed E-state index contributed by atoms with van der Waals surface area (Å²) in [5.41, 5.74) is -1.36. The molecule has 4 rings (SSSR count). The predicted octanol–water partition coefficient (Wildman–Crippen LogP) is 2.06. The molecule has 0 atom stereocenters. The normalized spacial score (nSPS) is 10.8. The van der Waals surface area contributed by atoms with Gasteiger partial charge >= 0.3 is 11.4 Å². The van der Waals surface area contributed by atoms with Crippen LogP contribution in [-0.4, -0.2) is 24.7 Å². The number of aromatic amines is 3. The third kappa shape index (κ3) is 3.40. The highest BCUT2D eigenvalue weighted by atomic mass is 35.5. The summed E-state index contributed by atoms with van der Waals surface area (Å²) < 4.78 is 6.51. The smallest absolute Gasteiger partial charge is 0.349 e. The number of imidazole rings is 1. The van der Waals surface area contributed by atoms with E-state index in [4.69, 9.17) is 33.2 Å². The first kappa shape index (κ1) is 18.5. The lowest BCUT2D eigenvalue weighted by atomic mass is 10.2. The van der Waals surface area contributed by atoms with Crippen molar-refractivity contribution in [3.05, 3.63) is 77.4 Å². The third-order valence-electron chi connectivity index (χ3n) is 3.87. The van der Waals surface area contributed by atoms with E-state index in [-0.39, 0.29) is 27.2 Å². The molecule has 0 spiro atoms. The molecule has 2 aromatic carbocycles. The number of ether oxygens (including phenoxy) is 1. The van der Waals surface area contributed by atoms with Gasteiger partial charge in [0.15, 0.2) is 5.75 Å². The van der Waals surface area contributed by atoms with Crippen LogP contribution in [0.4, 0.5) is 0 Å². The SMILES string of the molecule is N#Cc1nn(-c2cc(Cl)c(Oc3ccc4[nH]c(=O)[nH]c4c3)c(Cl)c2)c(=O)[nH]c1=O. The Kier molecular flexibility index (Phi) is 4.46. The maximum Gasteiger partial charge on any atom is 0.349 e. The molecule has 0 fully saturated rings. The second-order valence-corrected chi connectivity index (χ2v) is 6.57. The van der Waals surface area contributed by atoms with E-state index in [1.807, 2.05) is 4.98 Å². The first-order chi connectivity index (χ1) is 13.9. The highest BCUT2D eigenvalue weighted by Gasteiger charge is 2.15. The van der Waals surface area contributed by atoms with Gasteiger partial charge in [-0.05, 0) is 24.3 Å². The molecular formula is C17H8Cl2N6O4. The summed E-state index contributed by atoms with van der Waals surface area (Å²) in [4.78, 5) is 42.1. The molecule has 0 aliphatic carbocycles. The lowest BCUT2D eigenvalue weighted by Gasteiger charge is -2.12. The van der Waals surface area contributed by atoms with Crippen LogP contribution in [0.2, 0.25) is 10.0 Å². The zero-order valence-corrected chi connectivity index (χ0v) is 15.6. The number of nitrogens with one attached hydrogen (secondary N) is 3. The van der Waals surface area contributed by atoms with Crippen molar-refractivity contribution in [2.24, 2.45) is 0 Å². The average molecular weight is 431 g/mol.